The first-order chi connectivity index (χ1) is 9.74. The van der Waals surface area contributed by atoms with Gasteiger partial charge in [-0.05, 0) is 23.8 Å². The molecule has 1 atom stereocenters. The zero-order valence-electron chi connectivity index (χ0n) is 11.5. The normalized spacial score (nSPS) is 23.6. The summed E-state index contributed by atoms with van der Waals surface area (Å²) < 4.78 is 6.00. The molecule has 0 aliphatic carbocycles. The first-order valence-corrected chi connectivity index (χ1v) is 8.11. The maximum atomic E-state index is 6.03. The average Bonchev–Trinajstić information content (AvgIpc) is 2.82. The number of nitrogens with zero attached hydrogens (tertiary/aromatic N) is 2. The average molecular weight is 315 g/mol. The van der Waals surface area contributed by atoms with Crippen LogP contribution in [-0.2, 0) is 6.42 Å². The van der Waals surface area contributed by atoms with E-state index in [1.165, 1.54) is 5.56 Å². The maximum absolute atomic E-state index is 6.03. The van der Waals surface area contributed by atoms with Crippen LogP contribution in [0.4, 0.5) is 0 Å². The molecule has 0 amide bonds. The van der Waals surface area contributed by atoms with Gasteiger partial charge in [-0.3, -0.25) is 9.80 Å². The van der Waals surface area contributed by atoms with Gasteiger partial charge in [0, 0.05) is 56.6 Å². The molecule has 0 bridgehead atoms. The predicted molar refractivity (Wildman–Crippen MR) is 83.2 cm³/mol. The van der Waals surface area contributed by atoms with Crippen LogP contribution in [0.1, 0.15) is 5.56 Å². The van der Waals surface area contributed by atoms with Gasteiger partial charge in [0.25, 0.3) is 0 Å². The summed E-state index contributed by atoms with van der Waals surface area (Å²) in [5.74, 6) is 1.72. The molecule has 1 aromatic rings. The smallest absolute Gasteiger partial charge is 0.123 e. The minimum absolute atomic E-state index is 0.267. The molecular weight excluding hydrogens is 295 g/mol. The van der Waals surface area contributed by atoms with Crippen LogP contribution in [0.2, 0.25) is 5.02 Å². The zero-order chi connectivity index (χ0) is 13.9. The molecule has 2 aliphatic rings. The van der Waals surface area contributed by atoms with Crippen molar-refractivity contribution in [3.63, 3.8) is 0 Å². The molecule has 20 heavy (non-hydrogen) atoms. The fourth-order valence-corrected chi connectivity index (χ4v) is 3.43. The topological polar surface area (TPSA) is 15.7 Å². The Morgan fingerprint density at radius 2 is 1.90 bits per heavy atom. The fraction of sp³-hybridized carbons (Fsp3) is 0.600. The van der Waals surface area contributed by atoms with Crippen LogP contribution in [0.3, 0.4) is 0 Å². The minimum atomic E-state index is 0.267. The molecular formula is C15H20Cl2N2O. The number of rotatable bonds is 4. The van der Waals surface area contributed by atoms with E-state index >= 15 is 0 Å². The molecule has 110 valence electrons. The lowest BCUT2D eigenvalue weighted by molar-refractivity contribution is 0.0952. The van der Waals surface area contributed by atoms with E-state index in [0.29, 0.717) is 0 Å². The fourth-order valence-electron chi connectivity index (χ4n) is 2.99. The maximum Gasteiger partial charge on any atom is 0.123 e. The highest BCUT2D eigenvalue weighted by molar-refractivity contribution is 6.30. The van der Waals surface area contributed by atoms with Gasteiger partial charge >= 0.3 is 0 Å². The van der Waals surface area contributed by atoms with Gasteiger partial charge in [-0.15, -0.1) is 11.6 Å². The van der Waals surface area contributed by atoms with Gasteiger partial charge < -0.3 is 4.74 Å². The van der Waals surface area contributed by atoms with E-state index in [9.17, 15) is 0 Å². The van der Waals surface area contributed by atoms with Crippen LogP contribution in [0.5, 0.6) is 5.75 Å². The van der Waals surface area contributed by atoms with E-state index < -0.39 is 0 Å². The first kappa shape index (κ1) is 14.5. The lowest BCUT2D eigenvalue weighted by Gasteiger charge is -2.35. The monoisotopic (exact) mass is 314 g/mol. The minimum Gasteiger partial charge on any atom is -0.488 e. The number of benzene rings is 1. The van der Waals surface area contributed by atoms with Gasteiger partial charge in [0.15, 0.2) is 0 Å². The van der Waals surface area contributed by atoms with Crippen molar-refractivity contribution in [2.75, 3.05) is 45.1 Å². The van der Waals surface area contributed by atoms with Gasteiger partial charge in [-0.2, -0.15) is 0 Å². The van der Waals surface area contributed by atoms with Crippen LogP contribution in [0, 0.1) is 0 Å². The molecule has 0 saturated carbocycles. The standard InChI is InChI=1S/C15H20Cl2N2O/c16-3-4-18-5-7-19(8-6-18)11-14-10-12-9-13(17)1-2-15(12)20-14/h1-2,9,14H,3-8,10-11H2. The van der Waals surface area contributed by atoms with E-state index in [4.69, 9.17) is 27.9 Å². The third-order valence-corrected chi connectivity index (χ3v) is 4.50. The number of ether oxygens (including phenoxy) is 1. The van der Waals surface area contributed by atoms with Gasteiger partial charge in [0.1, 0.15) is 11.9 Å². The number of piperazine rings is 1. The van der Waals surface area contributed by atoms with E-state index in [-0.39, 0.29) is 6.10 Å². The molecule has 2 heterocycles. The third kappa shape index (κ3) is 3.40. The summed E-state index contributed by atoms with van der Waals surface area (Å²) in [5.41, 5.74) is 1.24. The lowest BCUT2D eigenvalue weighted by Crippen LogP contribution is -2.49. The summed E-state index contributed by atoms with van der Waals surface area (Å²) in [7, 11) is 0. The van der Waals surface area contributed by atoms with Crippen LogP contribution in [0.25, 0.3) is 0 Å². The SMILES string of the molecule is ClCCN1CCN(CC2Cc3cc(Cl)ccc3O2)CC1. The quantitative estimate of drug-likeness (QED) is 0.794. The summed E-state index contributed by atoms with van der Waals surface area (Å²) in [6.45, 7) is 6.43. The second-order valence-electron chi connectivity index (χ2n) is 5.53. The molecule has 0 spiro atoms. The molecule has 0 N–H and O–H groups in total. The van der Waals surface area contributed by atoms with Crippen molar-refractivity contribution >= 4 is 23.2 Å². The molecule has 3 nitrogen and oxygen atoms in total. The second-order valence-corrected chi connectivity index (χ2v) is 6.34. The molecule has 1 saturated heterocycles. The molecule has 0 radical (unpaired) electrons. The summed E-state index contributed by atoms with van der Waals surface area (Å²) in [6.07, 6.45) is 1.24. The Bertz CT molecular complexity index is 461. The summed E-state index contributed by atoms with van der Waals surface area (Å²) >= 11 is 11.8. The highest BCUT2D eigenvalue weighted by Gasteiger charge is 2.26. The molecule has 1 fully saturated rings. The van der Waals surface area contributed by atoms with E-state index in [0.717, 1.165) is 62.3 Å². The Morgan fingerprint density at radius 1 is 1.15 bits per heavy atom. The Labute approximate surface area is 130 Å². The first-order valence-electron chi connectivity index (χ1n) is 7.20. The van der Waals surface area contributed by atoms with Crippen molar-refractivity contribution in [1.29, 1.82) is 0 Å². The van der Waals surface area contributed by atoms with Crippen LogP contribution in [0.15, 0.2) is 18.2 Å². The number of halogens is 2. The third-order valence-electron chi connectivity index (χ3n) is 4.09. The number of hydrogen-bond acceptors (Lipinski definition) is 3. The zero-order valence-corrected chi connectivity index (χ0v) is 13.0. The summed E-state index contributed by atoms with van der Waals surface area (Å²) in [5, 5.41) is 0.794. The number of hydrogen-bond donors (Lipinski definition) is 0. The van der Waals surface area contributed by atoms with Gasteiger partial charge in [0.2, 0.25) is 0 Å². The molecule has 0 aromatic heterocycles. The Morgan fingerprint density at radius 3 is 2.65 bits per heavy atom. The van der Waals surface area contributed by atoms with E-state index in [2.05, 4.69) is 9.80 Å². The second kappa shape index (κ2) is 6.52. The van der Waals surface area contributed by atoms with Crippen LogP contribution >= 0.6 is 23.2 Å². The molecule has 1 unspecified atom stereocenters. The van der Waals surface area contributed by atoms with E-state index in [1.807, 2.05) is 18.2 Å². The molecule has 3 rings (SSSR count). The largest absolute Gasteiger partial charge is 0.488 e. The Kier molecular flexibility index (Phi) is 4.72. The Hall–Kier alpha value is -0.480. The van der Waals surface area contributed by atoms with Gasteiger partial charge in [-0.25, -0.2) is 0 Å². The van der Waals surface area contributed by atoms with Crippen LogP contribution in [-0.4, -0.2) is 61.1 Å². The highest BCUT2D eigenvalue weighted by atomic mass is 35.5. The summed E-state index contributed by atoms with van der Waals surface area (Å²) in [4.78, 5) is 4.91. The van der Waals surface area contributed by atoms with Crippen molar-refractivity contribution in [1.82, 2.24) is 9.80 Å². The molecule has 1 aromatic carbocycles. The van der Waals surface area contributed by atoms with Crippen molar-refractivity contribution in [3.8, 4) is 5.75 Å². The molecule has 2 aliphatic heterocycles. The van der Waals surface area contributed by atoms with Crippen molar-refractivity contribution in [3.05, 3.63) is 28.8 Å². The van der Waals surface area contributed by atoms with Crippen LogP contribution < -0.4 is 4.74 Å². The number of alkyl halides is 1. The molecule has 5 heteroatoms. The number of fused-ring (bicyclic) bond motifs is 1. The van der Waals surface area contributed by atoms with Crippen molar-refractivity contribution in [2.45, 2.75) is 12.5 Å². The van der Waals surface area contributed by atoms with Crippen molar-refractivity contribution in [2.24, 2.45) is 0 Å². The van der Waals surface area contributed by atoms with E-state index in [1.54, 1.807) is 0 Å². The summed E-state index contributed by atoms with van der Waals surface area (Å²) in [6, 6.07) is 5.90. The lowest BCUT2D eigenvalue weighted by atomic mass is 10.1. The van der Waals surface area contributed by atoms with Crippen molar-refractivity contribution < 1.29 is 4.74 Å². The van der Waals surface area contributed by atoms with Gasteiger partial charge in [0.05, 0.1) is 0 Å². The predicted octanol–water partition coefficient (Wildman–Crippen LogP) is 2.50. The highest BCUT2D eigenvalue weighted by Crippen LogP contribution is 2.31. The Balaban J connectivity index is 1.49. The van der Waals surface area contributed by atoms with Gasteiger partial charge in [-0.1, -0.05) is 11.6 Å².